The quantitative estimate of drug-likeness (QED) is 0.901. The summed E-state index contributed by atoms with van der Waals surface area (Å²) in [6, 6.07) is 2.01. The number of hydrogen-bond donors (Lipinski definition) is 1. The van der Waals surface area contributed by atoms with E-state index < -0.39 is 0 Å². The van der Waals surface area contributed by atoms with Crippen LogP contribution in [0.3, 0.4) is 0 Å². The van der Waals surface area contributed by atoms with Crippen LogP contribution in [0.2, 0.25) is 0 Å². The minimum atomic E-state index is -0.131. The van der Waals surface area contributed by atoms with E-state index in [0.29, 0.717) is 16.7 Å². The van der Waals surface area contributed by atoms with Gasteiger partial charge in [-0.1, -0.05) is 19.0 Å². The predicted molar refractivity (Wildman–Crippen MR) is 71.4 cm³/mol. The highest BCUT2D eigenvalue weighted by molar-refractivity contribution is 7.16. The van der Waals surface area contributed by atoms with Gasteiger partial charge in [0.15, 0.2) is 0 Å². The van der Waals surface area contributed by atoms with Gasteiger partial charge in [-0.3, -0.25) is 0 Å². The molecule has 0 saturated heterocycles. The van der Waals surface area contributed by atoms with Crippen molar-refractivity contribution in [2.24, 2.45) is 0 Å². The number of aryl methyl sites for hydroxylation is 1. The Morgan fingerprint density at radius 3 is 2.83 bits per heavy atom. The molecule has 0 saturated carbocycles. The van der Waals surface area contributed by atoms with Crippen LogP contribution in [0.5, 0.6) is 0 Å². The summed E-state index contributed by atoms with van der Waals surface area (Å²) in [6.07, 6.45) is 1.62. The lowest BCUT2D eigenvalue weighted by Gasteiger charge is -2.05. The fourth-order valence-electron chi connectivity index (χ4n) is 1.73. The molecule has 0 aliphatic rings. The third-order valence-corrected chi connectivity index (χ3v) is 3.88. The van der Waals surface area contributed by atoms with Gasteiger partial charge in [0.05, 0.1) is 10.6 Å². The number of hydrogen-bond acceptors (Lipinski definition) is 6. The van der Waals surface area contributed by atoms with Gasteiger partial charge in [0.1, 0.15) is 6.10 Å². The number of nitrogens with two attached hydrogens (primary N) is 1. The Kier molecular flexibility index (Phi) is 3.98. The summed E-state index contributed by atoms with van der Waals surface area (Å²) < 4.78 is 10.5. The van der Waals surface area contributed by atoms with E-state index in [9.17, 15) is 0 Å². The highest BCUT2D eigenvalue weighted by atomic mass is 32.1. The molecule has 0 aromatic carbocycles. The van der Waals surface area contributed by atoms with E-state index in [1.165, 1.54) is 4.88 Å². The SMILES string of the molecule is CCc1cc(-c2nc(C(CC)OC)no2)c(N)s1. The number of nitrogen functional groups attached to an aromatic ring is 1. The second-order valence-corrected chi connectivity index (χ2v) is 5.10. The molecule has 2 aromatic heterocycles. The maximum Gasteiger partial charge on any atom is 0.261 e. The minimum absolute atomic E-state index is 0.131. The molecule has 6 heteroatoms. The fourth-order valence-corrected chi connectivity index (χ4v) is 2.59. The van der Waals surface area contributed by atoms with Crippen molar-refractivity contribution >= 4 is 16.3 Å². The van der Waals surface area contributed by atoms with Crippen LogP contribution in [0.4, 0.5) is 5.00 Å². The van der Waals surface area contributed by atoms with E-state index in [1.54, 1.807) is 18.4 Å². The van der Waals surface area contributed by atoms with Crippen molar-refractivity contribution in [1.82, 2.24) is 10.1 Å². The molecule has 5 nitrogen and oxygen atoms in total. The van der Waals surface area contributed by atoms with Crippen molar-refractivity contribution in [3.8, 4) is 11.5 Å². The second kappa shape index (κ2) is 5.49. The molecule has 2 rings (SSSR count). The van der Waals surface area contributed by atoms with Crippen molar-refractivity contribution in [3.63, 3.8) is 0 Å². The zero-order valence-corrected chi connectivity index (χ0v) is 11.6. The van der Waals surface area contributed by atoms with E-state index in [0.717, 1.165) is 18.4 Å². The smallest absolute Gasteiger partial charge is 0.261 e. The van der Waals surface area contributed by atoms with Gasteiger partial charge in [0, 0.05) is 12.0 Å². The minimum Gasteiger partial charge on any atom is -0.390 e. The van der Waals surface area contributed by atoms with Crippen molar-refractivity contribution < 1.29 is 9.26 Å². The highest BCUT2D eigenvalue weighted by Crippen LogP contribution is 2.33. The monoisotopic (exact) mass is 267 g/mol. The molecule has 0 spiro atoms. The van der Waals surface area contributed by atoms with Crippen molar-refractivity contribution in [1.29, 1.82) is 0 Å². The standard InChI is InChI=1S/C12H17N3O2S/c1-4-7-6-8(10(13)18-7)12-14-11(15-17-12)9(5-2)16-3/h6,9H,4-5,13H2,1-3H3. The lowest BCUT2D eigenvalue weighted by molar-refractivity contribution is 0.0903. The molecule has 0 aliphatic carbocycles. The van der Waals surface area contributed by atoms with Crippen molar-refractivity contribution in [3.05, 3.63) is 16.8 Å². The number of methoxy groups -OCH3 is 1. The molecule has 2 N–H and O–H groups in total. The first-order valence-corrected chi connectivity index (χ1v) is 6.76. The molecular formula is C12H17N3O2S. The molecule has 2 heterocycles. The van der Waals surface area contributed by atoms with E-state index >= 15 is 0 Å². The maximum absolute atomic E-state index is 5.96. The first kappa shape index (κ1) is 13.0. The summed E-state index contributed by atoms with van der Waals surface area (Å²) in [7, 11) is 1.64. The van der Waals surface area contributed by atoms with Crippen LogP contribution in [-0.2, 0) is 11.2 Å². The van der Waals surface area contributed by atoms with Gasteiger partial charge in [-0.15, -0.1) is 11.3 Å². The van der Waals surface area contributed by atoms with Crippen LogP contribution in [0, 0.1) is 0 Å². The molecule has 0 fully saturated rings. The Hall–Kier alpha value is -1.40. The Morgan fingerprint density at radius 1 is 1.50 bits per heavy atom. The van der Waals surface area contributed by atoms with Crippen LogP contribution in [0.25, 0.3) is 11.5 Å². The predicted octanol–water partition coefficient (Wildman–Crippen LogP) is 3.04. The average molecular weight is 267 g/mol. The first-order chi connectivity index (χ1) is 8.69. The second-order valence-electron chi connectivity index (χ2n) is 3.93. The average Bonchev–Trinajstić information content (AvgIpc) is 2.97. The zero-order valence-electron chi connectivity index (χ0n) is 10.8. The molecule has 2 aromatic rings. The largest absolute Gasteiger partial charge is 0.390 e. The van der Waals surface area contributed by atoms with Gasteiger partial charge in [-0.2, -0.15) is 4.98 Å². The summed E-state index contributed by atoms with van der Waals surface area (Å²) in [5, 5.41) is 4.66. The van der Waals surface area contributed by atoms with Gasteiger partial charge < -0.3 is 15.0 Å². The Labute approximate surface area is 110 Å². The summed E-state index contributed by atoms with van der Waals surface area (Å²) in [5.41, 5.74) is 6.78. The topological polar surface area (TPSA) is 74.2 Å². The molecule has 0 amide bonds. The molecular weight excluding hydrogens is 250 g/mol. The number of thiophene rings is 1. The summed E-state index contributed by atoms with van der Waals surface area (Å²) >= 11 is 1.56. The van der Waals surface area contributed by atoms with Crippen LogP contribution >= 0.6 is 11.3 Å². The maximum atomic E-state index is 5.96. The lowest BCUT2D eigenvalue weighted by atomic mass is 10.2. The summed E-state index contributed by atoms with van der Waals surface area (Å²) in [6.45, 7) is 4.10. The van der Waals surface area contributed by atoms with Crippen LogP contribution < -0.4 is 5.73 Å². The summed E-state index contributed by atoms with van der Waals surface area (Å²) in [5.74, 6) is 1.03. The number of aromatic nitrogens is 2. The number of nitrogens with zero attached hydrogens (tertiary/aromatic N) is 2. The number of ether oxygens (including phenoxy) is 1. The van der Waals surface area contributed by atoms with Crippen LogP contribution in [0.1, 0.15) is 37.1 Å². The molecule has 1 atom stereocenters. The molecule has 0 bridgehead atoms. The normalized spacial score (nSPS) is 12.8. The first-order valence-electron chi connectivity index (χ1n) is 5.94. The zero-order chi connectivity index (χ0) is 13.1. The van der Waals surface area contributed by atoms with Crippen LogP contribution in [0.15, 0.2) is 10.6 Å². The van der Waals surface area contributed by atoms with Gasteiger partial charge in [-0.05, 0) is 18.9 Å². The van der Waals surface area contributed by atoms with Gasteiger partial charge in [0.25, 0.3) is 5.89 Å². The Morgan fingerprint density at radius 2 is 2.28 bits per heavy atom. The van der Waals surface area contributed by atoms with E-state index in [2.05, 4.69) is 17.1 Å². The molecule has 0 radical (unpaired) electrons. The highest BCUT2D eigenvalue weighted by Gasteiger charge is 2.19. The molecule has 98 valence electrons. The fraction of sp³-hybridized carbons (Fsp3) is 0.500. The van der Waals surface area contributed by atoms with Crippen molar-refractivity contribution in [2.45, 2.75) is 32.8 Å². The van der Waals surface area contributed by atoms with Gasteiger partial charge in [0.2, 0.25) is 5.82 Å². The summed E-state index contributed by atoms with van der Waals surface area (Å²) in [4.78, 5) is 5.56. The number of rotatable bonds is 5. The third-order valence-electron chi connectivity index (χ3n) is 2.78. The molecule has 18 heavy (non-hydrogen) atoms. The van der Waals surface area contributed by atoms with Gasteiger partial charge >= 0.3 is 0 Å². The van der Waals surface area contributed by atoms with Crippen molar-refractivity contribution in [2.75, 3.05) is 12.8 Å². The molecule has 1 unspecified atom stereocenters. The Bertz CT molecular complexity index is 517. The van der Waals surface area contributed by atoms with E-state index in [1.807, 2.05) is 13.0 Å². The van der Waals surface area contributed by atoms with E-state index in [-0.39, 0.29) is 6.10 Å². The van der Waals surface area contributed by atoms with E-state index in [4.69, 9.17) is 15.0 Å². The number of anilines is 1. The Balaban J connectivity index is 2.31. The van der Waals surface area contributed by atoms with Gasteiger partial charge in [-0.25, -0.2) is 0 Å². The lowest BCUT2D eigenvalue weighted by Crippen LogP contribution is -2.01. The van der Waals surface area contributed by atoms with Crippen LogP contribution in [-0.4, -0.2) is 17.3 Å². The third kappa shape index (κ3) is 2.39. The molecule has 0 aliphatic heterocycles.